The van der Waals surface area contributed by atoms with E-state index < -0.39 is 0 Å². The van der Waals surface area contributed by atoms with Gasteiger partial charge in [-0.1, -0.05) is 0 Å². The maximum atomic E-state index is 11.4. The van der Waals surface area contributed by atoms with Crippen molar-refractivity contribution >= 4 is 5.78 Å². The predicted molar refractivity (Wildman–Crippen MR) is 47.4 cm³/mol. The van der Waals surface area contributed by atoms with Crippen LogP contribution in [0.2, 0.25) is 0 Å². The molecule has 68 valence electrons. The number of nitrogens with one attached hydrogen (secondary N) is 1. The van der Waals surface area contributed by atoms with Gasteiger partial charge in [-0.3, -0.25) is 9.78 Å². The van der Waals surface area contributed by atoms with E-state index in [4.69, 9.17) is 0 Å². The molecule has 0 aliphatic heterocycles. The Labute approximate surface area is 76.4 Å². The number of carbonyl (C=O) groups excluding carboxylic acids is 1. The lowest BCUT2D eigenvalue weighted by Gasteiger charge is -1.99. The van der Waals surface area contributed by atoms with Crippen LogP contribution in [0.25, 0.3) is 0 Å². The van der Waals surface area contributed by atoms with Crippen molar-refractivity contribution in [2.45, 2.75) is 18.9 Å². The second kappa shape index (κ2) is 3.62. The highest BCUT2D eigenvalue weighted by molar-refractivity contribution is 5.95. The van der Waals surface area contributed by atoms with Gasteiger partial charge in [0.1, 0.15) is 5.69 Å². The molecular formula is C9H11N3O. The summed E-state index contributed by atoms with van der Waals surface area (Å²) >= 11 is 0. The van der Waals surface area contributed by atoms with Gasteiger partial charge >= 0.3 is 0 Å². The Morgan fingerprint density at radius 3 is 3.00 bits per heavy atom. The summed E-state index contributed by atoms with van der Waals surface area (Å²) in [5.74, 6) is 0.0139. The Kier molecular flexibility index (Phi) is 2.31. The van der Waals surface area contributed by atoms with Gasteiger partial charge in [-0.2, -0.15) is 0 Å². The summed E-state index contributed by atoms with van der Waals surface area (Å²) in [4.78, 5) is 19.2. The zero-order chi connectivity index (χ0) is 9.10. The van der Waals surface area contributed by atoms with Gasteiger partial charge in [-0.15, -0.1) is 0 Å². The Bertz CT molecular complexity index is 295. The molecule has 1 saturated carbocycles. The molecule has 4 heteroatoms. The van der Waals surface area contributed by atoms with Crippen molar-refractivity contribution in [2.75, 3.05) is 6.54 Å². The van der Waals surface area contributed by atoms with Crippen molar-refractivity contribution in [3.63, 3.8) is 0 Å². The number of nitrogens with zero attached hydrogens (tertiary/aromatic N) is 2. The fourth-order valence-corrected chi connectivity index (χ4v) is 1.06. The van der Waals surface area contributed by atoms with E-state index in [0.29, 0.717) is 18.3 Å². The first-order chi connectivity index (χ1) is 6.36. The molecule has 1 N–H and O–H groups in total. The van der Waals surface area contributed by atoms with Crippen molar-refractivity contribution < 1.29 is 4.79 Å². The number of Topliss-reactive ketones (excluding diaryl/α,β-unsaturated/α-hetero) is 1. The second-order valence-electron chi connectivity index (χ2n) is 3.17. The molecule has 1 aromatic heterocycles. The van der Waals surface area contributed by atoms with Crippen LogP contribution in [-0.4, -0.2) is 28.3 Å². The maximum Gasteiger partial charge on any atom is 0.196 e. The number of rotatable bonds is 4. The van der Waals surface area contributed by atoms with Gasteiger partial charge in [0.2, 0.25) is 0 Å². The van der Waals surface area contributed by atoms with Crippen LogP contribution >= 0.6 is 0 Å². The third-order valence-electron chi connectivity index (χ3n) is 1.98. The Morgan fingerprint density at radius 1 is 1.54 bits per heavy atom. The van der Waals surface area contributed by atoms with Gasteiger partial charge in [0, 0.05) is 18.4 Å². The molecular weight excluding hydrogens is 166 g/mol. The van der Waals surface area contributed by atoms with Gasteiger partial charge in [-0.05, 0) is 12.8 Å². The second-order valence-corrected chi connectivity index (χ2v) is 3.17. The SMILES string of the molecule is O=C(CNC1CC1)c1cnccn1. The largest absolute Gasteiger partial charge is 0.307 e. The van der Waals surface area contributed by atoms with Crippen LogP contribution in [0.3, 0.4) is 0 Å². The van der Waals surface area contributed by atoms with Crippen LogP contribution in [0.1, 0.15) is 23.3 Å². The normalized spacial score (nSPS) is 15.7. The number of aromatic nitrogens is 2. The summed E-state index contributed by atoms with van der Waals surface area (Å²) in [7, 11) is 0. The fraction of sp³-hybridized carbons (Fsp3) is 0.444. The number of ketones is 1. The van der Waals surface area contributed by atoms with E-state index in [9.17, 15) is 4.79 Å². The Balaban J connectivity index is 1.89. The van der Waals surface area contributed by atoms with Crippen molar-refractivity contribution in [1.82, 2.24) is 15.3 Å². The molecule has 1 aliphatic carbocycles. The van der Waals surface area contributed by atoms with E-state index in [1.165, 1.54) is 25.2 Å². The van der Waals surface area contributed by atoms with E-state index in [0.717, 1.165) is 0 Å². The average molecular weight is 177 g/mol. The third kappa shape index (κ3) is 2.32. The van der Waals surface area contributed by atoms with Crippen LogP contribution in [-0.2, 0) is 0 Å². The van der Waals surface area contributed by atoms with Crippen LogP contribution in [0.5, 0.6) is 0 Å². The molecule has 0 spiro atoms. The summed E-state index contributed by atoms with van der Waals surface area (Å²) < 4.78 is 0. The molecule has 1 aromatic rings. The van der Waals surface area contributed by atoms with Gasteiger partial charge in [0.15, 0.2) is 5.78 Å². The molecule has 2 rings (SSSR count). The number of carbonyl (C=O) groups is 1. The molecule has 0 atom stereocenters. The minimum atomic E-state index is 0.0139. The molecule has 1 fully saturated rings. The smallest absolute Gasteiger partial charge is 0.196 e. The summed E-state index contributed by atoms with van der Waals surface area (Å²) in [6.07, 6.45) is 6.97. The van der Waals surface area contributed by atoms with Crippen LogP contribution in [0.4, 0.5) is 0 Å². The lowest BCUT2D eigenvalue weighted by molar-refractivity contribution is 0.0985. The highest BCUT2D eigenvalue weighted by Crippen LogP contribution is 2.18. The molecule has 0 amide bonds. The maximum absolute atomic E-state index is 11.4. The average Bonchev–Trinajstić information content (AvgIpc) is 2.99. The lowest BCUT2D eigenvalue weighted by atomic mass is 10.3. The predicted octanol–water partition coefficient (Wildman–Crippen LogP) is 0.411. The molecule has 0 radical (unpaired) electrons. The Morgan fingerprint density at radius 2 is 2.38 bits per heavy atom. The van der Waals surface area contributed by atoms with Crippen LogP contribution in [0.15, 0.2) is 18.6 Å². The number of hydrogen-bond acceptors (Lipinski definition) is 4. The lowest BCUT2D eigenvalue weighted by Crippen LogP contribution is -2.25. The summed E-state index contributed by atoms with van der Waals surface area (Å²) in [6, 6.07) is 0.556. The minimum Gasteiger partial charge on any atom is -0.307 e. The molecule has 1 heterocycles. The zero-order valence-corrected chi connectivity index (χ0v) is 7.23. The topological polar surface area (TPSA) is 54.9 Å². The molecule has 0 unspecified atom stereocenters. The van der Waals surface area contributed by atoms with Crippen LogP contribution < -0.4 is 5.32 Å². The van der Waals surface area contributed by atoms with E-state index in [1.807, 2.05) is 0 Å². The quantitative estimate of drug-likeness (QED) is 0.677. The molecule has 1 aliphatic rings. The summed E-state index contributed by atoms with van der Waals surface area (Å²) in [5.41, 5.74) is 0.440. The van der Waals surface area contributed by atoms with E-state index in [-0.39, 0.29) is 5.78 Å². The fourth-order valence-electron chi connectivity index (χ4n) is 1.06. The molecule has 4 nitrogen and oxygen atoms in total. The van der Waals surface area contributed by atoms with Crippen LogP contribution in [0, 0.1) is 0 Å². The Hall–Kier alpha value is -1.29. The first-order valence-electron chi connectivity index (χ1n) is 4.39. The van der Waals surface area contributed by atoms with Gasteiger partial charge in [0.05, 0.1) is 12.7 Å². The van der Waals surface area contributed by atoms with Gasteiger partial charge in [-0.25, -0.2) is 4.98 Å². The molecule has 13 heavy (non-hydrogen) atoms. The molecule has 0 saturated heterocycles. The first-order valence-corrected chi connectivity index (χ1v) is 4.39. The monoisotopic (exact) mass is 177 g/mol. The standard InChI is InChI=1S/C9H11N3O/c13-9(6-12-7-1-2-7)8-5-10-3-4-11-8/h3-5,7,12H,1-2,6H2. The highest BCUT2D eigenvalue weighted by Gasteiger charge is 2.21. The summed E-state index contributed by atoms with van der Waals surface area (Å²) in [5, 5.41) is 3.14. The van der Waals surface area contributed by atoms with Crippen molar-refractivity contribution in [3.05, 3.63) is 24.3 Å². The third-order valence-corrected chi connectivity index (χ3v) is 1.98. The van der Waals surface area contributed by atoms with Crippen molar-refractivity contribution in [3.8, 4) is 0 Å². The highest BCUT2D eigenvalue weighted by atomic mass is 16.1. The van der Waals surface area contributed by atoms with E-state index in [1.54, 1.807) is 6.20 Å². The number of hydrogen-bond donors (Lipinski definition) is 1. The zero-order valence-electron chi connectivity index (χ0n) is 7.23. The minimum absolute atomic E-state index is 0.0139. The molecule has 0 aromatic carbocycles. The van der Waals surface area contributed by atoms with Crippen molar-refractivity contribution in [1.29, 1.82) is 0 Å². The van der Waals surface area contributed by atoms with E-state index >= 15 is 0 Å². The van der Waals surface area contributed by atoms with E-state index in [2.05, 4.69) is 15.3 Å². The van der Waals surface area contributed by atoms with Gasteiger partial charge in [0.25, 0.3) is 0 Å². The van der Waals surface area contributed by atoms with Crippen molar-refractivity contribution in [2.24, 2.45) is 0 Å². The first kappa shape index (κ1) is 8.31. The summed E-state index contributed by atoms with van der Waals surface area (Å²) in [6.45, 7) is 0.378. The molecule has 0 bridgehead atoms. The van der Waals surface area contributed by atoms with Gasteiger partial charge < -0.3 is 5.32 Å².